The summed E-state index contributed by atoms with van der Waals surface area (Å²) in [6.07, 6.45) is 0. The van der Waals surface area contributed by atoms with Crippen LogP contribution >= 0.6 is 0 Å². The van der Waals surface area contributed by atoms with Crippen molar-refractivity contribution < 1.29 is 9.59 Å². The maximum absolute atomic E-state index is 11.6. The molecule has 0 radical (unpaired) electrons. The van der Waals surface area contributed by atoms with Crippen LogP contribution in [-0.2, 0) is 4.79 Å². The third-order valence-electron chi connectivity index (χ3n) is 2.54. The van der Waals surface area contributed by atoms with Crippen LogP contribution in [0.2, 0.25) is 0 Å². The van der Waals surface area contributed by atoms with Gasteiger partial charge in [0, 0.05) is 20.6 Å². The van der Waals surface area contributed by atoms with Crippen molar-refractivity contribution in [2.24, 2.45) is 11.8 Å². The lowest BCUT2D eigenvalue weighted by Gasteiger charge is -2.36. The van der Waals surface area contributed by atoms with E-state index < -0.39 is 0 Å². The number of nitrogens with zero attached hydrogens (tertiary/aromatic N) is 2. The molecule has 0 aromatic heterocycles. The average Bonchev–Trinajstić information content (AvgIpc) is 2.07. The number of carbonyl (C=O) groups is 2. The lowest BCUT2D eigenvalue weighted by atomic mass is 9.92. The zero-order chi connectivity index (χ0) is 10.2. The van der Waals surface area contributed by atoms with Gasteiger partial charge in [-0.1, -0.05) is 13.8 Å². The van der Waals surface area contributed by atoms with Gasteiger partial charge < -0.3 is 4.90 Å². The minimum absolute atomic E-state index is 0.0484. The smallest absolute Gasteiger partial charge is 0.326 e. The van der Waals surface area contributed by atoms with Crippen molar-refractivity contribution in [2.45, 2.75) is 13.8 Å². The van der Waals surface area contributed by atoms with Gasteiger partial charge in [-0.15, -0.1) is 0 Å². The molecule has 3 amide bonds. The van der Waals surface area contributed by atoms with E-state index in [1.165, 1.54) is 11.9 Å². The molecule has 13 heavy (non-hydrogen) atoms. The normalized spacial score (nSPS) is 24.5. The fourth-order valence-electron chi connectivity index (χ4n) is 1.55. The number of hydrogen-bond acceptors (Lipinski definition) is 2. The predicted octanol–water partition coefficient (Wildman–Crippen LogP) is 0.782. The summed E-state index contributed by atoms with van der Waals surface area (Å²) < 4.78 is 0. The molecule has 1 atom stereocenters. The molecule has 0 aromatic carbocycles. The Morgan fingerprint density at radius 3 is 2.31 bits per heavy atom. The van der Waals surface area contributed by atoms with Crippen LogP contribution < -0.4 is 0 Å². The molecule has 1 rings (SSSR count). The number of urea groups is 1. The van der Waals surface area contributed by atoms with E-state index in [2.05, 4.69) is 0 Å². The number of imide groups is 1. The Bertz CT molecular complexity index is 238. The van der Waals surface area contributed by atoms with Crippen LogP contribution in [0.15, 0.2) is 0 Å². The maximum Gasteiger partial charge on any atom is 0.326 e. The van der Waals surface area contributed by atoms with Gasteiger partial charge in [0.25, 0.3) is 0 Å². The van der Waals surface area contributed by atoms with Gasteiger partial charge in [-0.3, -0.25) is 9.69 Å². The van der Waals surface area contributed by atoms with E-state index >= 15 is 0 Å². The first-order chi connectivity index (χ1) is 5.95. The highest BCUT2D eigenvalue weighted by atomic mass is 16.2. The third-order valence-corrected chi connectivity index (χ3v) is 2.54. The van der Waals surface area contributed by atoms with Gasteiger partial charge in [-0.2, -0.15) is 0 Å². The molecule has 0 bridgehead atoms. The monoisotopic (exact) mass is 184 g/mol. The predicted molar refractivity (Wildman–Crippen MR) is 49.1 cm³/mol. The van der Waals surface area contributed by atoms with Gasteiger partial charge in [0.1, 0.15) is 0 Å². The number of amides is 3. The minimum atomic E-state index is -0.207. The zero-order valence-electron chi connectivity index (χ0n) is 8.57. The molecular formula is C9H16N2O2. The summed E-state index contributed by atoms with van der Waals surface area (Å²) in [5, 5.41) is 0. The van der Waals surface area contributed by atoms with Crippen molar-refractivity contribution in [2.75, 3.05) is 20.6 Å². The second-order valence-electron chi connectivity index (χ2n) is 3.91. The highest BCUT2D eigenvalue weighted by Gasteiger charge is 2.36. The molecule has 74 valence electrons. The van der Waals surface area contributed by atoms with Crippen LogP contribution in [0, 0.1) is 11.8 Å². The Labute approximate surface area is 78.5 Å². The Balaban J connectivity index is 2.82. The summed E-state index contributed by atoms with van der Waals surface area (Å²) in [5.41, 5.74) is 0. The Morgan fingerprint density at radius 1 is 1.31 bits per heavy atom. The molecular weight excluding hydrogens is 168 g/mol. The fraction of sp³-hybridized carbons (Fsp3) is 0.778. The van der Waals surface area contributed by atoms with E-state index in [1.54, 1.807) is 11.9 Å². The summed E-state index contributed by atoms with van der Waals surface area (Å²) in [6.45, 7) is 4.54. The number of hydrogen-bond donors (Lipinski definition) is 0. The average molecular weight is 184 g/mol. The van der Waals surface area contributed by atoms with Crippen molar-refractivity contribution >= 4 is 11.9 Å². The van der Waals surface area contributed by atoms with Gasteiger partial charge in [0.15, 0.2) is 0 Å². The van der Waals surface area contributed by atoms with Crippen molar-refractivity contribution in [3.05, 3.63) is 0 Å². The van der Waals surface area contributed by atoms with Gasteiger partial charge in [0.05, 0.1) is 5.92 Å². The molecule has 1 unspecified atom stereocenters. The molecule has 1 aliphatic heterocycles. The molecule has 1 heterocycles. The molecule has 0 aromatic rings. The molecule has 1 saturated heterocycles. The number of carbonyl (C=O) groups excluding carboxylic acids is 2. The number of rotatable bonds is 1. The zero-order valence-corrected chi connectivity index (χ0v) is 8.57. The summed E-state index contributed by atoms with van der Waals surface area (Å²) >= 11 is 0. The van der Waals surface area contributed by atoms with Crippen LogP contribution in [0.1, 0.15) is 13.8 Å². The van der Waals surface area contributed by atoms with E-state index in [4.69, 9.17) is 0 Å². The second-order valence-corrected chi connectivity index (χ2v) is 3.91. The first-order valence-corrected chi connectivity index (χ1v) is 4.47. The van der Waals surface area contributed by atoms with Crippen LogP contribution in [0.5, 0.6) is 0 Å². The van der Waals surface area contributed by atoms with E-state index in [1.807, 2.05) is 13.8 Å². The van der Waals surface area contributed by atoms with E-state index in [0.717, 1.165) is 0 Å². The van der Waals surface area contributed by atoms with Crippen molar-refractivity contribution in [3.63, 3.8) is 0 Å². The molecule has 4 heteroatoms. The summed E-state index contributed by atoms with van der Waals surface area (Å²) in [5.74, 6) is 0.177. The van der Waals surface area contributed by atoms with Crippen molar-refractivity contribution in [1.82, 2.24) is 9.80 Å². The first-order valence-electron chi connectivity index (χ1n) is 4.47. The van der Waals surface area contributed by atoms with Crippen LogP contribution in [-0.4, -0.2) is 42.4 Å². The standard InChI is InChI=1S/C9H16N2O2/c1-6(2)7-5-10(3)9(13)11(4)8(7)12/h6-7H,5H2,1-4H3. The highest BCUT2D eigenvalue weighted by molar-refractivity contribution is 5.97. The summed E-state index contributed by atoms with van der Waals surface area (Å²) in [7, 11) is 3.26. The largest absolute Gasteiger partial charge is 0.327 e. The molecule has 1 fully saturated rings. The SMILES string of the molecule is CC(C)C1CN(C)C(=O)N(C)C1=O. The quantitative estimate of drug-likeness (QED) is 0.604. The van der Waals surface area contributed by atoms with E-state index in [-0.39, 0.29) is 23.8 Å². The summed E-state index contributed by atoms with van der Waals surface area (Å²) in [4.78, 5) is 25.7. The molecule has 0 spiro atoms. The van der Waals surface area contributed by atoms with E-state index in [9.17, 15) is 9.59 Å². The lowest BCUT2D eigenvalue weighted by molar-refractivity contribution is -0.136. The Morgan fingerprint density at radius 2 is 1.85 bits per heavy atom. The van der Waals surface area contributed by atoms with Crippen LogP contribution in [0.25, 0.3) is 0 Å². The molecule has 0 saturated carbocycles. The fourth-order valence-corrected chi connectivity index (χ4v) is 1.55. The van der Waals surface area contributed by atoms with Crippen molar-refractivity contribution in [3.8, 4) is 0 Å². The highest BCUT2D eigenvalue weighted by Crippen LogP contribution is 2.20. The molecule has 4 nitrogen and oxygen atoms in total. The van der Waals surface area contributed by atoms with Gasteiger partial charge in [-0.25, -0.2) is 4.79 Å². The van der Waals surface area contributed by atoms with Crippen LogP contribution in [0.4, 0.5) is 4.79 Å². The summed E-state index contributed by atoms with van der Waals surface area (Å²) in [6, 6.07) is -0.207. The molecule has 0 aliphatic carbocycles. The minimum Gasteiger partial charge on any atom is -0.327 e. The van der Waals surface area contributed by atoms with Gasteiger partial charge in [-0.05, 0) is 5.92 Å². The van der Waals surface area contributed by atoms with Crippen LogP contribution in [0.3, 0.4) is 0 Å². The first kappa shape index (κ1) is 10.0. The topological polar surface area (TPSA) is 40.6 Å². The Kier molecular flexibility index (Phi) is 2.59. The van der Waals surface area contributed by atoms with Gasteiger partial charge >= 0.3 is 6.03 Å². The third kappa shape index (κ3) is 1.66. The second kappa shape index (κ2) is 3.36. The van der Waals surface area contributed by atoms with E-state index in [0.29, 0.717) is 6.54 Å². The lowest BCUT2D eigenvalue weighted by Crippen LogP contribution is -2.54. The molecule has 0 N–H and O–H groups in total. The van der Waals surface area contributed by atoms with Crippen molar-refractivity contribution in [1.29, 1.82) is 0 Å². The Hall–Kier alpha value is -1.06. The maximum atomic E-state index is 11.6. The molecule has 1 aliphatic rings. The van der Waals surface area contributed by atoms with Gasteiger partial charge in [0.2, 0.25) is 5.91 Å².